The van der Waals surface area contributed by atoms with Gasteiger partial charge in [-0.3, -0.25) is 0 Å². The van der Waals surface area contributed by atoms with Crippen molar-refractivity contribution in [2.45, 2.75) is 6.42 Å². The first-order chi connectivity index (χ1) is 5.18. The summed E-state index contributed by atoms with van der Waals surface area (Å²) in [5.74, 6) is 0.475. The first kappa shape index (κ1) is 8.81. The van der Waals surface area contributed by atoms with Gasteiger partial charge in [0.1, 0.15) is 0 Å². The molecule has 0 amide bonds. The van der Waals surface area contributed by atoms with E-state index in [1.807, 2.05) is 0 Å². The third-order valence-corrected chi connectivity index (χ3v) is 2.03. The number of carbonyl (C=O) groups excluding carboxylic acids is 1. The maximum atomic E-state index is 10.2. The Morgan fingerprint density at radius 1 is 1.82 bits per heavy atom. The third-order valence-electron chi connectivity index (χ3n) is 1.92. The SMILES string of the molecule is CN1CCC(COC(=O)Cl)C1. The number of hydrogen-bond donors (Lipinski definition) is 0. The smallest absolute Gasteiger partial charge is 0.403 e. The minimum absolute atomic E-state index is 0.465. The van der Waals surface area contributed by atoms with Crippen molar-refractivity contribution in [2.24, 2.45) is 5.92 Å². The molecule has 0 radical (unpaired) electrons. The van der Waals surface area contributed by atoms with Gasteiger partial charge < -0.3 is 9.64 Å². The quantitative estimate of drug-likeness (QED) is 0.596. The number of carbonyl (C=O) groups is 1. The Balaban J connectivity index is 2.13. The van der Waals surface area contributed by atoms with E-state index in [9.17, 15) is 4.79 Å². The monoisotopic (exact) mass is 177 g/mol. The number of hydrogen-bond acceptors (Lipinski definition) is 3. The summed E-state index contributed by atoms with van der Waals surface area (Å²) in [5.41, 5.74) is -0.695. The van der Waals surface area contributed by atoms with Gasteiger partial charge in [-0.1, -0.05) is 0 Å². The Hall–Kier alpha value is -0.280. The molecular weight excluding hydrogens is 166 g/mol. The zero-order valence-corrected chi connectivity index (χ0v) is 7.30. The van der Waals surface area contributed by atoms with Crippen LogP contribution in [0.4, 0.5) is 4.79 Å². The molecule has 64 valence electrons. The van der Waals surface area contributed by atoms with E-state index < -0.39 is 5.43 Å². The molecule has 1 saturated heterocycles. The van der Waals surface area contributed by atoms with Crippen molar-refractivity contribution in [3.63, 3.8) is 0 Å². The minimum Gasteiger partial charge on any atom is -0.453 e. The Morgan fingerprint density at radius 3 is 3.00 bits per heavy atom. The van der Waals surface area contributed by atoms with Gasteiger partial charge in [-0.25, -0.2) is 4.79 Å². The first-order valence-electron chi connectivity index (χ1n) is 3.69. The van der Waals surface area contributed by atoms with E-state index in [1.54, 1.807) is 0 Å². The topological polar surface area (TPSA) is 29.5 Å². The summed E-state index contributed by atoms with van der Waals surface area (Å²) in [6, 6.07) is 0. The molecule has 0 aromatic rings. The van der Waals surface area contributed by atoms with Crippen LogP contribution in [0.15, 0.2) is 0 Å². The van der Waals surface area contributed by atoms with Gasteiger partial charge in [0.05, 0.1) is 6.61 Å². The molecule has 0 saturated carbocycles. The van der Waals surface area contributed by atoms with Crippen LogP contribution in [0, 0.1) is 5.92 Å². The van der Waals surface area contributed by atoms with Gasteiger partial charge in [-0.2, -0.15) is 0 Å². The summed E-state index contributed by atoms with van der Waals surface area (Å²) >= 11 is 5.02. The summed E-state index contributed by atoms with van der Waals surface area (Å²) in [5, 5.41) is 0. The van der Waals surface area contributed by atoms with Crippen LogP contribution < -0.4 is 0 Å². The zero-order chi connectivity index (χ0) is 8.27. The van der Waals surface area contributed by atoms with E-state index in [2.05, 4.69) is 16.7 Å². The van der Waals surface area contributed by atoms with Crippen LogP contribution in [-0.4, -0.2) is 37.1 Å². The minimum atomic E-state index is -0.695. The molecule has 0 aromatic heterocycles. The van der Waals surface area contributed by atoms with Crippen LogP contribution in [0.25, 0.3) is 0 Å². The fourth-order valence-electron chi connectivity index (χ4n) is 1.35. The summed E-state index contributed by atoms with van der Waals surface area (Å²) in [4.78, 5) is 12.4. The molecule has 1 rings (SSSR count). The predicted molar refractivity (Wildman–Crippen MR) is 42.8 cm³/mol. The molecule has 1 fully saturated rings. The maximum Gasteiger partial charge on any atom is 0.403 e. The Morgan fingerprint density at radius 2 is 2.55 bits per heavy atom. The van der Waals surface area contributed by atoms with E-state index in [0.29, 0.717) is 12.5 Å². The van der Waals surface area contributed by atoms with Crippen LogP contribution in [0.3, 0.4) is 0 Å². The second-order valence-corrected chi connectivity index (χ2v) is 3.27. The van der Waals surface area contributed by atoms with Crippen molar-refractivity contribution in [3.8, 4) is 0 Å². The number of nitrogens with zero attached hydrogens (tertiary/aromatic N) is 1. The van der Waals surface area contributed by atoms with Crippen LogP contribution in [-0.2, 0) is 4.74 Å². The highest BCUT2D eigenvalue weighted by molar-refractivity contribution is 6.61. The molecule has 11 heavy (non-hydrogen) atoms. The summed E-state index contributed by atoms with van der Waals surface area (Å²) in [7, 11) is 2.06. The average Bonchev–Trinajstić information content (AvgIpc) is 2.31. The summed E-state index contributed by atoms with van der Waals surface area (Å²) in [6.07, 6.45) is 1.10. The van der Waals surface area contributed by atoms with Crippen molar-refractivity contribution in [1.82, 2.24) is 4.90 Å². The highest BCUT2D eigenvalue weighted by atomic mass is 35.5. The van der Waals surface area contributed by atoms with Crippen molar-refractivity contribution in [3.05, 3.63) is 0 Å². The van der Waals surface area contributed by atoms with Gasteiger partial charge in [-0.05, 0) is 20.0 Å². The van der Waals surface area contributed by atoms with Crippen LogP contribution >= 0.6 is 11.6 Å². The standard InChI is InChI=1S/C7H12ClNO2/c1-9-3-2-6(4-9)5-11-7(8)10/h6H,2-5H2,1H3. The van der Waals surface area contributed by atoms with Gasteiger partial charge in [0.15, 0.2) is 0 Å². The fraction of sp³-hybridized carbons (Fsp3) is 0.857. The molecule has 0 N–H and O–H groups in total. The fourth-order valence-corrected chi connectivity index (χ4v) is 1.41. The largest absolute Gasteiger partial charge is 0.453 e. The Labute approximate surface area is 71.3 Å². The van der Waals surface area contributed by atoms with Gasteiger partial charge >= 0.3 is 5.43 Å². The molecule has 1 unspecified atom stereocenters. The lowest BCUT2D eigenvalue weighted by Crippen LogP contribution is -2.17. The molecule has 1 aliphatic heterocycles. The number of likely N-dealkylation sites (tertiary alicyclic amines) is 1. The molecule has 0 bridgehead atoms. The molecule has 0 aromatic carbocycles. The Bertz CT molecular complexity index is 151. The molecule has 0 spiro atoms. The number of rotatable bonds is 2. The van der Waals surface area contributed by atoms with E-state index in [4.69, 9.17) is 11.6 Å². The van der Waals surface area contributed by atoms with Gasteiger partial charge in [0, 0.05) is 24.1 Å². The Kier molecular flexibility index (Phi) is 3.15. The normalized spacial score (nSPS) is 25.5. The predicted octanol–water partition coefficient (Wildman–Crippen LogP) is 1.31. The van der Waals surface area contributed by atoms with Crippen molar-refractivity contribution in [2.75, 3.05) is 26.7 Å². The summed E-state index contributed by atoms with van der Waals surface area (Å²) < 4.78 is 4.67. The van der Waals surface area contributed by atoms with Crippen LogP contribution in [0.5, 0.6) is 0 Å². The zero-order valence-electron chi connectivity index (χ0n) is 6.55. The molecule has 1 heterocycles. The summed E-state index contributed by atoms with van der Waals surface area (Å²) in [6.45, 7) is 2.56. The molecule has 4 heteroatoms. The van der Waals surface area contributed by atoms with E-state index in [-0.39, 0.29) is 0 Å². The van der Waals surface area contributed by atoms with Crippen molar-refractivity contribution < 1.29 is 9.53 Å². The molecule has 0 aliphatic carbocycles. The first-order valence-corrected chi connectivity index (χ1v) is 4.07. The van der Waals surface area contributed by atoms with Gasteiger partial charge in [-0.15, -0.1) is 0 Å². The maximum absolute atomic E-state index is 10.2. The lowest BCUT2D eigenvalue weighted by molar-refractivity contribution is 0.153. The van der Waals surface area contributed by atoms with Crippen molar-refractivity contribution >= 4 is 17.0 Å². The average molecular weight is 178 g/mol. The van der Waals surface area contributed by atoms with E-state index in [1.165, 1.54) is 0 Å². The third kappa shape index (κ3) is 3.08. The van der Waals surface area contributed by atoms with Gasteiger partial charge in [0.2, 0.25) is 0 Å². The van der Waals surface area contributed by atoms with Gasteiger partial charge in [0.25, 0.3) is 0 Å². The lowest BCUT2D eigenvalue weighted by atomic mass is 10.1. The molecule has 1 aliphatic rings. The van der Waals surface area contributed by atoms with Crippen LogP contribution in [0.1, 0.15) is 6.42 Å². The second-order valence-electron chi connectivity index (χ2n) is 2.97. The van der Waals surface area contributed by atoms with E-state index in [0.717, 1.165) is 19.5 Å². The molecular formula is C7H12ClNO2. The highest BCUT2D eigenvalue weighted by Gasteiger charge is 2.20. The number of ether oxygens (including phenoxy) is 1. The number of halogens is 1. The van der Waals surface area contributed by atoms with Crippen LogP contribution in [0.2, 0.25) is 0 Å². The molecule has 3 nitrogen and oxygen atoms in total. The molecule has 1 atom stereocenters. The lowest BCUT2D eigenvalue weighted by Gasteiger charge is -2.08. The highest BCUT2D eigenvalue weighted by Crippen LogP contribution is 2.14. The second kappa shape index (κ2) is 3.93. The van der Waals surface area contributed by atoms with E-state index >= 15 is 0 Å². The van der Waals surface area contributed by atoms with Crippen molar-refractivity contribution in [1.29, 1.82) is 0 Å².